The SMILES string of the molecule is CC[C@H](C)[C@H](CO)N1C(=O)[C@@H]2[C@H](C(=O)Nc3ccccc3)[C@]3(C)CCC2(S3)C1C(=O)Nc1ccc(OC)cc1. The van der Waals surface area contributed by atoms with Gasteiger partial charge in [-0.2, -0.15) is 0 Å². The maximum absolute atomic E-state index is 14.4. The quantitative estimate of drug-likeness (QED) is 0.432. The number of thioether (sulfide) groups is 1. The number of benzene rings is 2. The number of nitrogens with zero attached hydrogens (tertiary/aromatic N) is 1. The molecule has 2 bridgehead atoms. The summed E-state index contributed by atoms with van der Waals surface area (Å²) in [5.74, 6) is -1.31. The molecule has 208 valence electrons. The molecule has 2 aromatic rings. The number of likely N-dealkylation sites (tertiary alicyclic amines) is 1. The first kappa shape index (κ1) is 27.5. The highest BCUT2D eigenvalue weighted by Gasteiger charge is 2.77. The number of hydrogen-bond donors (Lipinski definition) is 3. The fraction of sp³-hybridized carbons (Fsp3) is 0.500. The molecular weight excluding hydrogens is 514 g/mol. The Kier molecular flexibility index (Phi) is 7.41. The third kappa shape index (κ3) is 4.49. The minimum absolute atomic E-state index is 0.0279. The van der Waals surface area contributed by atoms with E-state index in [0.717, 1.165) is 12.8 Å². The summed E-state index contributed by atoms with van der Waals surface area (Å²) in [5.41, 5.74) is 1.27. The van der Waals surface area contributed by atoms with E-state index in [1.807, 2.05) is 51.1 Å². The van der Waals surface area contributed by atoms with E-state index >= 15 is 0 Å². The van der Waals surface area contributed by atoms with Crippen LogP contribution in [0, 0.1) is 17.8 Å². The van der Waals surface area contributed by atoms with E-state index in [4.69, 9.17) is 4.74 Å². The number of fused-ring (bicyclic) bond motifs is 1. The van der Waals surface area contributed by atoms with Crippen LogP contribution in [0.1, 0.15) is 40.0 Å². The minimum atomic E-state index is -0.815. The van der Waals surface area contributed by atoms with Gasteiger partial charge in [0.15, 0.2) is 0 Å². The van der Waals surface area contributed by atoms with Crippen molar-refractivity contribution in [3.63, 3.8) is 0 Å². The Morgan fingerprint density at radius 2 is 1.72 bits per heavy atom. The Bertz CT molecular complexity index is 1240. The van der Waals surface area contributed by atoms with Crippen molar-refractivity contribution in [2.45, 2.75) is 61.6 Å². The number of carbonyl (C=O) groups excluding carboxylic acids is 3. The van der Waals surface area contributed by atoms with Crippen molar-refractivity contribution in [2.75, 3.05) is 24.4 Å². The molecule has 3 aliphatic rings. The Labute approximate surface area is 233 Å². The van der Waals surface area contributed by atoms with Crippen molar-refractivity contribution in [3.05, 3.63) is 54.6 Å². The zero-order valence-corrected chi connectivity index (χ0v) is 23.7. The van der Waals surface area contributed by atoms with Gasteiger partial charge in [0, 0.05) is 16.1 Å². The molecule has 3 amide bonds. The number of hydrogen-bond acceptors (Lipinski definition) is 6. The van der Waals surface area contributed by atoms with Crippen LogP contribution >= 0.6 is 11.8 Å². The van der Waals surface area contributed by atoms with Crippen molar-refractivity contribution >= 4 is 40.9 Å². The van der Waals surface area contributed by atoms with Crippen LogP contribution in [0.25, 0.3) is 0 Å². The van der Waals surface area contributed by atoms with Gasteiger partial charge in [0.05, 0.1) is 36.3 Å². The summed E-state index contributed by atoms with van der Waals surface area (Å²) < 4.78 is 4.00. The molecule has 8 nitrogen and oxygen atoms in total. The standard InChI is InChI=1S/C30H37N3O5S/c1-5-18(2)22(17-34)33-25(27(36)32-20-11-13-21(38-4)14-12-20)30-16-15-29(3,39-30)23(24(30)28(33)37)26(35)31-19-9-7-6-8-10-19/h6-14,18,22-25,34H,5,15-17H2,1-4H3,(H,31,35)(H,32,36)/t18-,22-,23+,24-,25?,29-,30?/m0/s1. The molecule has 0 aliphatic carbocycles. The van der Waals surface area contributed by atoms with Gasteiger partial charge in [-0.1, -0.05) is 38.5 Å². The average Bonchev–Trinajstić information content (AvgIpc) is 3.50. The van der Waals surface area contributed by atoms with Gasteiger partial charge in [-0.25, -0.2) is 0 Å². The van der Waals surface area contributed by atoms with E-state index in [2.05, 4.69) is 10.6 Å². The van der Waals surface area contributed by atoms with E-state index in [0.29, 0.717) is 23.5 Å². The fourth-order valence-corrected chi connectivity index (χ4v) is 9.20. The molecule has 5 rings (SSSR count). The third-order valence-corrected chi connectivity index (χ3v) is 11.0. The van der Waals surface area contributed by atoms with Gasteiger partial charge in [0.1, 0.15) is 11.8 Å². The van der Waals surface area contributed by atoms with Crippen LogP contribution < -0.4 is 15.4 Å². The molecule has 9 heteroatoms. The van der Waals surface area contributed by atoms with Gasteiger partial charge in [-0.3, -0.25) is 14.4 Å². The number of aliphatic hydroxyl groups is 1. The Morgan fingerprint density at radius 1 is 1.08 bits per heavy atom. The van der Waals surface area contributed by atoms with Crippen molar-refractivity contribution in [3.8, 4) is 5.75 Å². The first-order chi connectivity index (χ1) is 18.7. The lowest BCUT2D eigenvalue weighted by atomic mass is 9.66. The van der Waals surface area contributed by atoms with E-state index in [1.54, 1.807) is 48.0 Å². The number of aliphatic hydroxyl groups excluding tert-OH is 1. The second kappa shape index (κ2) is 10.5. The van der Waals surface area contributed by atoms with E-state index in [9.17, 15) is 19.5 Å². The normalized spacial score (nSPS) is 30.5. The lowest BCUT2D eigenvalue weighted by molar-refractivity contribution is -0.142. The van der Waals surface area contributed by atoms with Crippen LogP contribution in [-0.4, -0.2) is 63.0 Å². The minimum Gasteiger partial charge on any atom is -0.497 e. The molecule has 3 heterocycles. The molecular formula is C30H37N3O5S. The van der Waals surface area contributed by atoms with E-state index in [1.165, 1.54) is 0 Å². The number of ether oxygens (including phenoxy) is 1. The number of anilines is 2. The number of para-hydroxylation sites is 1. The molecule has 2 aromatic carbocycles. The highest BCUT2D eigenvalue weighted by molar-refractivity contribution is 8.02. The number of amides is 3. The summed E-state index contributed by atoms with van der Waals surface area (Å²) in [6, 6.07) is 15.0. The highest BCUT2D eigenvalue weighted by Crippen LogP contribution is 2.71. The van der Waals surface area contributed by atoms with Crippen LogP contribution in [0.15, 0.2) is 54.6 Å². The molecule has 0 radical (unpaired) electrons. The molecule has 7 atom stereocenters. The van der Waals surface area contributed by atoms with Crippen molar-refractivity contribution in [1.82, 2.24) is 4.90 Å². The lowest BCUT2D eigenvalue weighted by Crippen LogP contribution is -2.56. The van der Waals surface area contributed by atoms with Gasteiger partial charge in [0.2, 0.25) is 17.7 Å². The molecule has 0 aromatic heterocycles. The monoisotopic (exact) mass is 551 g/mol. The zero-order chi connectivity index (χ0) is 27.9. The van der Waals surface area contributed by atoms with Gasteiger partial charge in [-0.15, -0.1) is 11.8 Å². The molecule has 3 fully saturated rings. The zero-order valence-electron chi connectivity index (χ0n) is 22.8. The fourth-order valence-electron chi connectivity index (χ4n) is 6.86. The maximum Gasteiger partial charge on any atom is 0.248 e. The summed E-state index contributed by atoms with van der Waals surface area (Å²) in [7, 11) is 1.58. The number of nitrogens with one attached hydrogen (secondary N) is 2. The van der Waals surface area contributed by atoms with Crippen LogP contribution in [0.4, 0.5) is 11.4 Å². The molecule has 0 saturated carbocycles. The molecule has 1 spiro atoms. The first-order valence-electron chi connectivity index (χ1n) is 13.6. The largest absolute Gasteiger partial charge is 0.497 e. The molecule has 3 saturated heterocycles. The Morgan fingerprint density at radius 3 is 2.33 bits per heavy atom. The summed E-state index contributed by atoms with van der Waals surface area (Å²) in [6.45, 7) is 5.80. The second-order valence-electron chi connectivity index (χ2n) is 11.2. The van der Waals surface area contributed by atoms with Gasteiger partial charge in [0.25, 0.3) is 0 Å². The predicted molar refractivity (Wildman–Crippen MR) is 153 cm³/mol. The number of methoxy groups -OCH3 is 1. The van der Waals surface area contributed by atoms with Gasteiger partial charge >= 0.3 is 0 Å². The second-order valence-corrected chi connectivity index (χ2v) is 13.1. The number of carbonyl (C=O) groups is 3. The van der Waals surface area contributed by atoms with E-state index < -0.39 is 33.4 Å². The first-order valence-corrected chi connectivity index (χ1v) is 14.4. The molecule has 3 N–H and O–H groups in total. The van der Waals surface area contributed by atoms with Crippen LogP contribution in [0.5, 0.6) is 5.75 Å². The average molecular weight is 552 g/mol. The van der Waals surface area contributed by atoms with Gasteiger partial charge in [-0.05, 0) is 62.1 Å². The van der Waals surface area contributed by atoms with Crippen molar-refractivity contribution in [2.24, 2.45) is 17.8 Å². The third-order valence-electron chi connectivity index (χ3n) is 8.99. The molecule has 3 aliphatic heterocycles. The summed E-state index contributed by atoms with van der Waals surface area (Å²) in [6.07, 6.45) is 2.11. The smallest absolute Gasteiger partial charge is 0.248 e. The van der Waals surface area contributed by atoms with Gasteiger partial charge < -0.3 is 25.4 Å². The summed E-state index contributed by atoms with van der Waals surface area (Å²) >= 11 is 1.62. The van der Waals surface area contributed by atoms with E-state index in [-0.39, 0.29) is 30.2 Å². The number of rotatable bonds is 9. The Hall–Kier alpha value is -3.04. The molecule has 2 unspecified atom stereocenters. The lowest BCUT2D eigenvalue weighted by Gasteiger charge is -2.39. The molecule has 39 heavy (non-hydrogen) atoms. The van der Waals surface area contributed by atoms with Crippen LogP contribution in [0.2, 0.25) is 0 Å². The highest BCUT2D eigenvalue weighted by atomic mass is 32.2. The topological polar surface area (TPSA) is 108 Å². The van der Waals surface area contributed by atoms with Crippen LogP contribution in [-0.2, 0) is 14.4 Å². The van der Waals surface area contributed by atoms with Crippen molar-refractivity contribution in [1.29, 1.82) is 0 Å². The predicted octanol–water partition coefficient (Wildman–Crippen LogP) is 4.16. The summed E-state index contributed by atoms with van der Waals surface area (Å²) in [5, 5.41) is 16.5. The van der Waals surface area contributed by atoms with Crippen LogP contribution in [0.3, 0.4) is 0 Å². The van der Waals surface area contributed by atoms with Crippen molar-refractivity contribution < 1.29 is 24.2 Å². The summed E-state index contributed by atoms with van der Waals surface area (Å²) in [4.78, 5) is 43.9. The Balaban J connectivity index is 1.54. The maximum atomic E-state index is 14.4.